The number of amides is 1. The van der Waals surface area contributed by atoms with E-state index in [0.717, 1.165) is 34.0 Å². The molecule has 4 rings (SSSR count). The van der Waals surface area contributed by atoms with Gasteiger partial charge in [-0.3, -0.25) is 4.79 Å². The number of nitrogens with one attached hydrogen (secondary N) is 1. The highest BCUT2D eigenvalue weighted by Gasteiger charge is 2.10. The fourth-order valence-electron chi connectivity index (χ4n) is 3.43. The van der Waals surface area contributed by atoms with Crippen LogP contribution in [0.4, 0.5) is 5.69 Å². The maximum atomic E-state index is 12.7. The van der Waals surface area contributed by atoms with Crippen LogP contribution in [0.5, 0.6) is 0 Å². The van der Waals surface area contributed by atoms with Gasteiger partial charge in [-0.25, -0.2) is 0 Å². The van der Waals surface area contributed by atoms with Crippen molar-refractivity contribution >= 4 is 22.4 Å². The van der Waals surface area contributed by atoms with Crippen molar-refractivity contribution < 1.29 is 4.79 Å². The van der Waals surface area contributed by atoms with Gasteiger partial charge in [-0.15, -0.1) is 0 Å². The van der Waals surface area contributed by atoms with Gasteiger partial charge in [0, 0.05) is 5.69 Å². The van der Waals surface area contributed by atoms with Crippen LogP contribution < -0.4 is 5.32 Å². The average molecular weight is 351 g/mol. The lowest BCUT2D eigenvalue weighted by molar-refractivity contribution is -0.115. The second kappa shape index (κ2) is 7.88. The van der Waals surface area contributed by atoms with Gasteiger partial charge < -0.3 is 5.32 Å². The van der Waals surface area contributed by atoms with Crippen LogP contribution in [0, 0.1) is 0 Å². The molecule has 0 aliphatic rings. The smallest absolute Gasteiger partial charge is 0.228 e. The van der Waals surface area contributed by atoms with Crippen LogP contribution in [-0.4, -0.2) is 5.91 Å². The van der Waals surface area contributed by atoms with Gasteiger partial charge in [-0.05, 0) is 39.9 Å². The Morgan fingerprint density at radius 1 is 0.667 bits per heavy atom. The van der Waals surface area contributed by atoms with E-state index in [9.17, 15) is 4.79 Å². The number of anilines is 1. The van der Waals surface area contributed by atoms with E-state index in [1.165, 1.54) is 5.56 Å². The van der Waals surface area contributed by atoms with E-state index in [1.54, 1.807) is 0 Å². The van der Waals surface area contributed by atoms with Crippen molar-refractivity contribution in [3.05, 3.63) is 114 Å². The minimum absolute atomic E-state index is 0.00636. The molecule has 1 amide bonds. The van der Waals surface area contributed by atoms with Gasteiger partial charge in [0.1, 0.15) is 0 Å². The molecule has 1 N–H and O–H groups in total. The molecule has 0 aliphatic carbocycles. The highest BCUT2D eigenvalue weighted by Crippen LogP contribution is 2.22. The molecular weight excluding hydrogens is 330 g/mol. The Kier molecular flexibility index (Phi) is 4.97. The largest absolute Gasteiger partial charge is 0.326 e. The number of para-hydroxylation sites is 1. The maximum Gasteiger partial charge on any atom is 0.228 e. The molecule has 0 aromatic heterocycles. The van der Waals surface area contributed by atoms with Gasteiger partial charge in [0.05, 0.1) is 6.42 Å². The van der Waals surface area contributed by atoms with Gasteiger partial charge in [0.2, 0.25) is 5.91 Å². The number of benzene rings is 4. The maximum absolute atomic E-state index is 12.7. The number of carbonyl (C=O) groups is 1. The van der Waals surface area contributed by atoms with E-state index in [1.807, 2.05) is 60.7 Å². The van der Waals surface area contributed by atoms with Crippen molar-refractivity contribution in [2.24, 2.45) is 0 Å². The van der Waals surface area contributed by atoms with Crippen LogP contribution in [0.2, 0.25) is 0 Å². The number of hydrogen-bond donors (Lipinski definition) is 1. The SMILES string of the molecule is O=C(Cc1cccc2ccccc12)Nc1ccccc1Cc1ccccc1. The molecule has 0 fully saturated rings. The predicted molar refractivity (Wildman–Crippen MR) is 112 cm³/mol. The lowest BCUT2D eigenvalue weighted by Gasteiger charge is -2.12. The first-order valence-electron chi connectivity index (χ1n) is 9.18. The number of hydrogen-bond acceptors (Lipinski definition) is 1. The van der Waals surface area contributed by atoms with E-state index in [0.29, 0.717) is 6.42 Å². The molecule has 2 nitrogen and oxygen atoms in total. The van der Waals surface area contributed by atoms with E-state index in [4.69, 9.17) is 0 Å². The Labute approximate surface area is 159 Å². The summed E-state index contributed by atoms with van der Waals surface area (Å²) in [5.41, 5.74) is 4.28. The molecule has 2 heteroatoms. The van der Waals surface area contributed by atoms with Crippen LogP contribution in [0.15, 0.2) is 97.1 Å². The van der Waals surface area contributed by atoms with Gasteiger partial charge in [0.15, 0.2) is 0 Å². The van der Waals surface area contributed by atoms with Crippen molar-refractivity contribution in [1.82, 2.24) is 0 Å². The molecule has 0 unspecified atom stereocenters. The number of rotatable bonds is 5. The first-order chi connectivity index (χ1) is 13.3. The molecular formula is C25H21NO. The zero-order chi connectivity index (χ0) is 18.5. The summed E-state index contributed by atoms with van der Waals surface area (Å²) in [7, 11) is 0. The van der Waals surface area contributed by atoms with Gasteiger partial charge in [0.25, 0.3) is 0 Å². The zero-order valence-corrected chi connectivity index (χ0v) is 15.1. The normalized spacial score (nSPS) is 10.7. The van der Waals surface area contributed by atoms with E-state index >= 15 is 0 Å². The van der Waals surface area contributed by atoms with Crippen molar-refractivity contribution in [1.29, 1.82) is 0 Å². The molecule has 0 saturated heterocycles. The van der Waals surface area contributed by atoms with Gasteiger partial charge >= 0.3 is 0 Å². The van der Waals surface area contributed by atoms with E-state index in [-0.39, 0.29) is 5.91 Å². The lowest BCUT2D eigenvalue weighted by atomic mass is 10.0. The quantitative estimate of drug-likeness (QED) is 0.497. The Morgan fingerprint density at radius 2 is 1.33 bits per heavy atom. The standard InChI is InChI=1S/C25H21NO/c27-25(18-21-14-8-13-20-11-4-6-15-23(20)21)26-24-16-7-5-12-22(24)17-19-9-2-1-3-10-19/h1-16H,17-18H2,(H,26,27). The lowest BCUT2D eigenvalue weighted by Crippen LogP contribution is -2.16. The fourth-order valence-corrected chi connectivity index (χ4v) is 3.43. The topological polar surface area (TPSA) is 29.1 Å². The summed E-state index contributed by atoms with van der Waals surface area (Å²) in [5.74, 6) is 0.00636. The summed E-state index contributed by atoms with van der Waals surface area (Å²) >= 11 is 0. The third kappa shape index (κ3) is 4.06. The Balaban J connectivity index is 1.53. The third-order valence-electron chi connectivity index (χ3n) is 4.76. The third-order valence-corrected chi connectivity index (χ3v) is 4.76. The summed E-state index contributed by atoms with van der Waals surface area (Å²) in [6.45, 7) is 0. The van der Waals surface area contributed by atoms with Gasteiger partial charge in [-0.1, -0.05) is 91.0 Å². The highest BCUT2D eigenvalue weighted by molar-refractivity contribution is 5.96. The van der Waals surface area contributed by atoms with E-state index < -0.39 is 0 Å². The Bertz CT molecular complexity index is 1060. The Morgan fingerprint density at radius 3 is 2.22 bits per heavy atom. The van der Waals surface area contributed by atoms with Crippen molar-refractivity contribution in [3.8, 4) is 0 Å². The predicted octanol–water partition coefficient (Wildman–Crippen LogP) is 5.61. The monoisotopic (exact) mass is 351 g/mol. The molecule has 0 heterocycles. The first-order valence-corrected chi connectivity index (χ1v) is 9.18. The number of carbonyl (C=O) groups excluding carboxylic acids is 1. The summed E-state index contributed by atoms with van der Waals surface area (Å²) in [6, 6.07) is 32.6. The van der Waals surface area contributed by atoms with Crippen LogP contribution in [0.1, 0.15) is 16.7 Å². The molecule has 0 spiro atoms. The summed E-state index contributed by atoms with van der Waals surface area (Å²) < 4.78 is 0. The molecule has 0 bridgehead atoms. The molecule has 0 atom stereocenters. The second-order valence-electron chi connectivity index (χ2n) is 6.68. The minimum atomic E-state index is 0.00636. The van der Waals surface area contributed by atoms with Crippen molar-refractivity contribution in [2.45, 2.75) is 12.8 Å². The summed E-state index contributed by atoms with van der Waals surface area (Å²) in [4.78, 5) is 12.7. The molecule has 4 aromatic carbocycles. The minimum Gasteiger partial charge on any atom is -0.326 e. The van der Waals surface area contributed by atoms with Crippen LogP contribution in [0.25, 0.3) is 10.8 Å². The van der Waals surface area contributed by atoms with Crippen molar-refractivity contribution in [2.75, 3.05) is 5.32 Å². The Hall–Kier alpha value is -3.39. The second-order valence-corrected chi connectivity index (χ2v) is 6.68. The van der Waals surface area contributed by atoms with Crippen LogP contribution in [0.3, 0.4) is 0 Å². The fraction of sp³-hybridized carbons (Fsp3) is 0.0800. The van der Waals surface area contributed by atoms with Crippen molar-refractivity contribution in [3.63, 3.8) is 0 Å². The molecule has 0 aliphatic heterocycles. The molecule has 0 saturated carbocycles. The molecule has 132 valence electrons. The van der Waals surface area contributed by atoms with E-state index in [2.05, 4.69) is 41.7 Å². The summed E-state index contributed by atoms with van der Waals surface area (Å²) in [6.07, 6.45) is 1.16. The van der Waals surface area contributed by atoms with Crippen LogP contribution in [-0.2, 0) is 17.6 Å². The summed E-state index contributed by atoms with van der Waals surface area (Å²) in [5, 5.41) is 5.40. The highest BCUT2D eigenvalue weighted by atomic mass is 16.1. The molecule has 4 aromatic rings. The van der Waals surface area contributed by atoms with Gasteiger partial charge in [-0.2, -0.15) is 0 Å². The zero-order valence-electron chi connectivity index (χ0n) is 15.1. The number of fused-ring (bicyclic) bond motifs is 1. The molecule has 0 radical (unpaired) electrons. The molecule has 27 heavy (non-hydrogen) atoms. The average Bonchev–Trinajstić information content (AvgIpc) is 2.71. The van der Waals surface area contributed by atoms with Crippen LogP contribution >= 0.6 is 0 Å². The first kappa shape index (κ1) is 17.0.